The Morgan fingerprint density at radius 2 is 2.00 bits per heavy atom. The third kappa shape index (κ3) is 3.18. The molecule has 0 spiro atoms. The number of rotatable bonds is 3. The molecule has 126 valence electrons. The minimum atomic E-state index is -0.326. The Bertz CT molecular complexity index is 751. The second-order valence-electron chi connectivity index (χ2n) is 6.32. The number of hydrogen-bond donors (Lipinski definition) is 1. The average Bonchev–Trinajstić information content (AvgIpc) is 2.96. The summed E-state index contributed by atoms with van der Waals surface area (Å²) in [5.41, 5.74) is 2.11. The van der Waals surface area contributed by atoms with Gasteiger partial charge < -0.3 is 14.7 Å². The highest BCUT2D eigenvalue weighted by atomic mass is 16.5. The number of aryl methyl sites for hydroxylation is 2. The number of piperidine rings is 1. The fourth-order valence-electron chi connectivity index (χ4n) is 3.18. The Balaban J connectivity index is 1.86. The largest absolute Gasteiger partial charge is 0.360 e. The van der Waals surface area contributed by atoms with Crippen molar-refractivity contribution < 1.29 is 14.1 Å². The molecule has 0 bridgehead atoms. The Kier molecular flexibility index (Phi) is 4.38. The number of amides is 2. The molecular weight excluding hydrogens is 306 g/mol. The van der Waals surface area contributed by atoms with Crippen LogP contribution in [-0.4, -0.2) is 28.9 Å². The van der Waals surface area contributed by atoms with E-state index in [0.717, 1.165) is 11.1 Å². The van der Waals surface area contributed by atoms with Gasteiger partial charge in [0, 0.05) is 19.5 Å². The number of carbonyl (C=O) groups excluding carboxylic acids is 2. The van der Waals surface area contributed by atoms with Gasteiger partial charge in [0.1, 0.15) is 5.76 Å². The van der Waals surface area contributed by atoms with Crippen molar-refractivity contribution in [2.45, 2.75) is 32.7 Å². The highest BCUT2D eigenvalue weighted by molar-refractivity contribution is 5.94. The van der Waals surface area contributed by atoms with Crippen LogP contribution in [0.4, 0.5) is 5.82 Å². The van der Waals surface area contributed by atoms with E-state index in [1.54, 1.807) is 24.9 Å². The van der Waals surface area contributed by atoms with E-state index < -0.39 is 0 Å². The topological polar surface area (TPSA) is 75.4 Å². The Morgan fingerprint density at radius 1 is 1.29 bits per heavy atom. The van der Waals surface area contributed by atoms with Crippen LogP contribution in [0.15, 0.2) is 34.9 Å². The maximum Gasteiger partial charge on any atom is 0.231 e. The zero-order valence-corrected chi connectivity index (χ0v) is 14.1. The van der Waals surface area contributed by atoms with E-state index in [1.165, 1.54) is 0 Å². The quantitative estimate of drug-likeness (QED) is 0.940. The number of nitrogens with zero attached hydrogens (tertiary/aromatic N) is 2. The molecule has 0 unspecified atom stereocenters. The van der Waals surface area contributed by atoms with Gasteiger partial charge in [-0.2, -0.15) is 0 Å². The fourth-order valence-corrected chi connectivity index (χ4v) is 3.18. The predicted molar refractivity (Wildman–Crippen MR) is 89.3 cm³/mol. The molecule has 0 radical (unpaired) electrons. The number of benzene rings is 1. The summed E-state index contributed by atoms with van der Waals surface area (Å²) in [4.78, 5) is 26.6. The summed E-state index contributed by atoms with van der Waals surface area (Å²) in [5.74, 6) is 0.624. The van der Waals surface area contributed by atoms with Gasteiger partial charge in [-0.1, -0.05) is 35.0 Å². The molecule has 1 N–H and O–H groups in total. The first kappa shape index (κ1) is 16.2. The summed E-state index contributed by atoms with van der Waals surface area (Å²) in [7, 11) is 1.76. The fraction of sp³-hybridized carbons (Fsp3) is 0.389. The van der Waals surface area contributed by atoms with Gasteiger partial charge in [0.25, 0.3) is 0 Å². The molecule has 2 atom stereocenters. The summed E-state index contributed by atoms with van der Waals surface area (Å²) in [5, 5.41) is 6.60. The highest BCUT2D eigenvalue weighted by Gasteiger charge is 2.39. The Labute approximate surface area is 140 Å². The normalized spacial score (nSPS) is 21.0. The molecule has 0 saturated carbocycles. The number of nitrogens with one attached hydrogen (secondary N) is 1. The molecule has 3 rings (SSSR count). The lowest BCUT2D eigenvalue weighted by Crippen LogP contribution is -2.44. The molecule has 1 fully saturated rings. The molecule has 1 aromatic carbocycles. The molecule has 2 heterocycles. The van der Waals surface area contributed by atoms with Gasteiger partial charge >= 0.3 is 0 Å². The van der Waals surface area contributed by atoms with E-state index in [2.05, 4.69) is 10.5 Å². The summed E-state index contributed by atoms with van der Waals surface area (Å²) in [6, 6.07) is 9.36. The van der Waals surface area contributed by atoms with E-state index in [9.17, 15) is 9.59 Å². The number of aromatic nitrogens is 1. The van der Waals surface area contributed by atoms with Gasteiger partial charge in [-0.15, -0.1) is 0 Å². The number of carbonyl (C=O) groups is 2. The van der Waals surface area contributed by atoms with Gasteiger partial charge in [-0.05, 0) is 25.8 Å². The van der Waals surface area contributed by atoms with E-state index in [-0.39, 0.29) is 23.8 Å². The van der Waals surface area contributed by atoms with Crippen LogP contribution in [0.2, 0.25) is 0 Å². The van der Waals surface area contributed by atoms with Crippen LogP contribution in [0, 0.1) is 19.8 Å². The lowest BCUT2D eigenvalue weighted by atomic mass is 9.83. The lowest BCUT2D eigenvalue weighted by molar-refractivity contribution is -0.140. The van der Waals surface area contributed by atoms with Crippen molar-refractivity contribution in [2.24, 2.45) is 5.92 Å². The standard InChI is InChI=1S/C18H21N3O3/c1-11-4-6-13(7-5-11)17-14(8-9-16(22)21(17)3)18(23)19-15-10-12(2)24-20-15/h4-7,10,14,17H,8-9H2,1-3H3,(H,19,20,23)/t14-,17+/m0/s1. The molecule has 0 aliphatic carbocycles. The Hall–Kier alpha value is -2.63. The third-order valence-corrected chi connectivity index (χ3v) is 4.50. The zero-order valence-electron chi connectivity index (χ0n) is 14.1. The van der Waals surface area contributed by atoms with Crippen molar-refractivity contribution in [1.29, 1.82) is 0 Å². The van der Waals surface area contributed by atoms with Gasteiger partial charge in [0.15, 0.2) is 5.82 Å². The molecule has 6 nitrogen and oxygen atoms in total. The minimum absolute atomic E-state index is 0.0573. The molecule has 1 aromatic heterocycles. The minimum Gasteiger partial charge on any atom is -0.360 e. The maximum atomic E-state index is 12.7. The first-order valence-corrected chi connectivity index (χ1v) is 8.02. The Morgan fingerprint density at radius 3 is 2.62 bits per heavy atom. The molecule has 1 aliphatic rings. The maximum absolute atomic E-state index is 12.7. The van der Waals surface area contributed by atoms with Crippen LogP contribution in [0.1, 0.15) is 35.8 Å². The first-order chi connectivity index (χ1) is 11.5. The van der Waals surface area contributed by atoms with Crippen molar-refractivity contribution in [3.8, 4) is 0 Å². The van der Waals surface area contributed by atoms with Crippen LogP contribution in [0.3, 0.4) is 0 Å². The summed E-state index contributed by atoms with van der Waals surface area (Å²) < 4.78 is 4.99. The number of likely N-dealkylation sites (tertiary alicyclic amines) is 1. The van der Waals surface area contributed by atoms with Crippen LogP contribution in [0.25, 0.3) is 0 Å². The van der Waals surface area contributed by atoms with E-state index in [1.807, 2.05) is 31.2 Å². The summed E-state index contributed by atoms with van der Waals surface area (Å²) in [6.07, 6.45) is 0.888. The van der Waals surface area contributed by atoms with E-state index in [0.29, 0.717) is 24.4 Å². The lowest BCUT2D eigenvalue weighted by Gasteiger charge is -2.38. The second-order valence-corrected chi connectivity index (χ2v) is 6.32. The SMILES string of the molecule is Cc1ccc([C@@H]2[C@@H](C(=O)Nc3cc(C)on3)CCC(=O)N2C)cc1. The van der Waals surface area contributed by atoms with Crippen LogP contribution >= 0.6 is 0 Å². The van der Waals surface area contributed by atoms with Gasteiger partial charge in [0.05, 0.1) is 12.0 Å². The first-order valence-electron chi connectivity index (χ1n) is 8.02. The summed E-state index contributed by atoms with van der Waals surface area (Å²) >= 11 is 0. The highest BCUT2D eigenvalue weighted by Crippen LogP contribution is 2.36. The average molecular weight is 327 g/mol. The molecule has 1 saturated heterocycles. The number of hydrogen-bond acceptors (Lipinski definition) is 4. The third-order valence-electron chi connectivity index (χ3n) is 4.50. The molecule has 6 heteroatoms. The van der Waals surface area contributed by atoms with Crippen LogP contribution in [-0.2, 0) is 9.59 Å². The van der Waals surface area contributed by atoms with Gasteiger partial charge in [-0.25, -0.2) is 0 Å². The monoisotopic (exact) mass is 327 g/mol. The smallest absolute Gasteiger partial charge is 0.231 e. The van der Waals surface area contributed by atoms with Crippen molar-refractivity contribution in [1.82, 2.24) is 10.1 Å². The van der Waals surface area contributed by atoms with Crippen LogP contribution in [0.5, 0.6) is 0 Å². The van der Waals surface area contributed by atoms with Crippen LogP contribution < -0.4 is 5.32 Å². The van der Waals surface area contributed by atoms with E-state index in [4.69, 9.17) is 4.52 Å². The van der Waals surface area contributed by atoms with E-state index >= 15 is 0 Å². The summed E-state index contributed by atoms with van der Waals surface area (Å²) in [6.45, 7) is 3.78. The van der Waals surface area contributed by atoms with Crippen molar-refractivity contribution in [2.75, 3.05) is 12.4 Å². The second kappa shape index (κ2) is 6.47. The molecule has 1 aliphatic heterocycles. The van der Waals surface area contributed by atoms with Crippen molar-refractivity contribution in [3.63, 3.8) is 0 Å². The molecule has 2 aromatic rings. The molecular formula is C18H21N3O3. The van der Waals surface area contributed by atoms with Crippen molar-refractivity contribution >= 4 is 17.6 Å². The van der Waals surface area contributed by atoms with Crippen molar-refractivity contribution in [3.05, 3.63) is 47.2 Å². The van der Waals surface area contributed by atoms with Gasteiger partial charge in [-0.3, -0.25) is 9.59 Å². The molecule has 2 amide bonds. The predicted octanol–water partition coefficient (Wildman–Crippen LogP) is 2.84. The number of anilines is 1. The molecule has 24 heavy (non-hydrogen) atoms. The van der Waals surface area contributed by atoms with Gasteiger partial charge in [0.2, 0.25) is 11.8 Å². The zero-order chi connectivity index (χ0) is 17.3.